The third kappa shape index (κ3) is 3.92. The van der Waals surface area contributed by atoms with Crippen molar-refractivity contribution in [2.75, 3.05) is 26.7 Å². The van der Waals surface area contributed by atoms with Crippen LogP contribution < -0.4 is 0 Å². The molecule has 2 aromatic heterocycles. The molecule has 1 aromatic carbocycles. The van der Waals surface area contributed by atoms with Gasteiger partial charge in [0.05, 0.1) is 12.2 Å². The fourth-order valence-corrected chi connectivity index (χ4v) is 5.37. The SMILES string of the molecule is CCn1ncc(CN2CCC3(CC2)CC(c2noc(-c4ccccc4)n2)N(C)C3)c1C. The van der Waals surface area contributed by atoms with Crippen LogP contribution in [0.1, 0.15) is 49.3 Å². The Labute approximate surface area is 184 Å². The molecule has 0 amide bonds. The summed E-state index contributed by atoms with van der Waals surface area (Å²) in [6, 6.07) is 10.3. The van der Waals surface area contributed by atoms with Crippen LogP contribution in [-0.4, -0.2) is 56.4 Å². The maximum atomic E-state index is 5.59. The van der Waals surface area contributed by atoms with Gasteiger partial charge in [-0.3, -0.25) is 14.5 Å². The monoisotopic (exact) mass is 420 g/mol. The lowest BCUT2D eigenvalue weighted by Gasteiger charge is -2.39. The van der Waals surface area contributed by atoms with Crippen LogP contribution in [0.5, 0.6) is 0 Å². The van der Waals surface area contributed by atoms with Crippen molar-refractivity contribution in [2.45, 2.75) is 52.2 Å². The van der Waals surface area contributed by atoms with Crippen LogP contribution in [0.3, 0.4) is 0 Å². The van der Waals surface area contributed by atoms with Gasteiger partial charge in [-0.1, -0.05) is 23.4 Å². The molecule has 1 unspecified atom stereocenters. The summed E-state index contributed by atoms with van der Waals surface area (Å²) in [7, 11) is 2.20. The van der Waals surface area contributed by atoms with E-state index < -0.39 is 0 Å². The van der Waals surface area contributed by atoms with Crippen molar-refractivity contribution in [3.63, 3.8) is 0 Å². The van der Waals surface area contributed by atoms with Gasteiger partial charge in [0.2, 0.25) is 0 Å². The van der Waals surface area contributed by atoms with Crippen LogP contribution in [-0.2, 0) is 13.1 Å². The number of hydrogen-bond acceptors (Lipinski definition) is 6. The second kappa shape index (κ2) is 8.20. The van der Waals surface area contributed by atoms with Gasteiger partial charge in [-0.05, 0) is 70.8 Å². The van der Waals surface area contributed by atoms with E-state index in [0.717, 1.165) is 50.5 Å². The van der Waals surface area contributed by atoms with Gasteiger partial charge in [0.25, 0.3) is 5.89 Å². The summed E-state index contributed by atoms with van der Waals surface area (Å²) < 4.78 is 7.68. The first kappa shape index (κ1) is 20.4. The topological polar surface area (TPSA) is 63.2 Å². The summed E-state index contributed by atoms with van der Waals surface area (Å²) >= 11 is 0. The Bertz CT molecular complexity index is 1020. The second-order valence-electron chi connectivity index (χ2n) is 9.31. The van der Waals surface area contributed by atoms with Crippen molar-refractivity contribution in [1.82, 2.24) is 29.7 Å². The van der Waals surface area contributed by atoms with Crippen molar-refractivity contribution in [2.24, 2.45) is 5.41 Å². The molecule has 164 valence electrons. The molecule has 1 spiro atoms. The Kier molecular flexibility index (Phi) is 5.40. The molecule has 31 heavy (non-hydrogen) atoms. The van der Waals surface area contributed by atoms with Gasteiger partial charge in [0.15, 0.2) is 5.82 Å². The minimum Gasteiger partial charge on any atom is -0.334 e. The molecule has 2 aliphatic rings. The van der Waals surface area contributed by atoms with Crippen LogP contribution in [0.15, 0.2) is 41.1 Å². The molecule has 0 N–H and O–H groups in total. The number of aryl methyl sites for hydroxylation is 1. The van der Waals surface area contributed by atoms with E-state index in [4.69, 9.17) is 9.51 Å². The molecule has 2 aliphatic heterocycles. The zero-order valence-electron chi connectivity index (χ0n) is 18.8. The molecule has 5 rings (SSSR count). The largest absolute Gasteiger partial charge is 0.334 e. The molecular formula is C24H32N6O. The van der Waals surface area contributed by atoms with Gasteiger partial charge < -0.3 is 4.52 Å². The van der Waals surface area contributed by atoms with E-state index in [-0.39, 0.29) is 6.04 Å². The number of piperidine rings is 1. The van der Waals surface area contributed by atoms with E-state index >= 15 is 0 Å². The zero-order valence-corrected chi connectivity index (χ0v) is 18.8. The molecule has 0 bridgehead atoms. The molecule has 3 aromatic rings. The fourth-order valence-electron chi connectivity index (χ4n) is 5.37. The van der Waals surface area contributed by atoms with Crippen LogP contribution in [0, 0.1) is 12.3 Å². The molecule has 0 aliphatic carbocycles. The summed E-state index contributed by atoms with van der Waals surface area (Å²) in [6.45, 7) is 9.65. The smallest absolute Gasteiger partial charge is 0.257 e. The lowest BCUT2D eigenvalue weighted by Crippen LogP contribution is -2.40. The summed E-state index contributed by atoms with van der Waals surface area (Å²) in [5.41, 5.74) is 3.99. The Hall–Kier alpha value is -2.51. The quantitative estimate of drug-likeness (QED) is 0.623. The Morgan fingerprint density at radius 3 is 2.65 bits per heavy atom. The van der Waals surface area contributed by atoms with Crippen molar-refractivity contribution in [1.29, 1.82) is 0 Å². The molecule has 2 saturated heterocycles. The van der Waals surface area contributed by atoms with Gasteiger partial charge >= 0.3 is 0 Å². The first-order valence-corrected chi connectivity index (χ1v) is 11.4. The van der Waals surface area contributed by atoms with Crippen LogP contribution in [0.2, 0.25) is 0 Å². The molecular weight excluding hydrogens is 388 g/mol. The van der Waals surface area contributed by atoms with Gasteiger partial charge in [-0.2, -0.15) is 10.1 Å². The summed E-state index contributed by atoms with van der Waals surface area (Å²) in [4.78, 5) is 9.75. The Morgan fingerprint density at radius 1 is 1.16 bits per heavy atom. The highest BCUT2D eigenvalue weighted by molar-refractivity contribution is 5.52. The number of benzene rings is 1. The molecule has 2 fully saturated rings. The number of likely N-dealkylation sites (tertiary alicyclic amines) is 2. The predicted molar refractivity (Wildman–Crippen MR) is 119 cm³/mol. The highest BCUT2D eigenvalue weighted by Crippen LogP contribution is 2.48. The minimum absolute atomic E-state index is 0.234. The highest BCUT2D eigenvalue weighted by atomic mass is 16.5. The normalized spacial score (nSPS) is 21.8. The van der Waals surface area contributed by atoms with E-state index in [9.17, 15) is 0 Å². The lowest BCUT2D eigenvalue weighted by atomic mass is 9.76. The lowest BCUT2D eigenvalue weighted by molar-refractivity contribution is 0.105. The molecule has 0 saturated carbocycles. The summed E-state index contributed by atoms with van der Waals surface area (Å²) in [6.07, 6.45) is 5.59. The van der Waals surface area contributed by atoms with Gasteiger partial charge in [-0.15, -0.1) is 0 Å². The molecule has 4 heterocycles. The number of nitrogens with zero attached hydrogens (tertiary/aromatic N) is 6. The van der Waals surface area contributed by atoms with E-state index in [1.165, 1.54) is 24.1 Å². The maximum absolute atomic E-state index is 5.59. The third-order valence-corrected chi connectivity index (χ3v) is 7.32. The highest BCUT2D eigenvalue weighted by Gasteiger charge is 2.46. The maximum Gasteiger partial charge on any atom is 0.257 e. The van der Waals surface area contributed by atoms with Crippen molar-refractivity contribution < 1.29 is 4.52 Å². The van der Waals surface area contributed by atoms with E-state index in [1.54, 1.807) is 0 Å². The Balaban J connectivity index is 1.23. The van der Waals surface area contributed by atoms with Gasteiger partial charge in [0.1, 0.15) is 0 Å². The zero-order chi connectivity index (χ0) is 21.4. The number of hydrogen-bond donors (Lipinski definition) is 0. The van der Waals surface area contributed by atoms with Crippen molar-refractivity contribution >= 4 is 0 Å². The first-order valence-electron chi connectivity index (χ1n) is 11.4. The van der Waals surface area contributed by atoms with E-state index in [0.29, 0.717) is 11.3 Å². The third-order valence-electron chi connectivity index (χ3n) is 7.32. The van der Waals surface area contributed by atoms with E-state index in [1.807, 2.05) is 36.5 Å². The molecule has 7 nitrogen and oxygen atoms in total. The van der Waals surface area contributed by atoms with Gasteiger partial charge in [-0.25, -0.2) is 0 Å². The fraction of sp³-hybridized carbons (Fsp3) is 0.542. The van der Waals surface area contributed by atoms with Crippen LogP contribution in [0.25, 0.3) is 11.5 Å². The van der Waals surface area contributed by atoms with Crippen LogP contribution in [0.4, 0.5) is 0 Å². The minimum atomic E-state index is 0.234. The summed E-state index contributed by atoms with van der Waals surface area (Å²) in [5.74, 6) is 1.44. The second-order valence-corrected chi connectivity index (χ2v) is 9.31. The Morgan fingerprint density at radius 2 is 1.94 bits per heavy atom. The molecule has 0 radical (unpaired) electrons. The van der Waals surface area contributed by atoms with Crippen molar-refractivity contribution in [3.8, 4) is 11.5 Å². The van der Waals surface area contributed by atoms with Crippen molar-refractivity contribution in [3.05, 3.63) is 53.6 Å². The predicted octanol–water partition coefficient (Wildman–Crippen LogP) is 3.92. The average Bonchev–Trinajstić information content (AvgIpc) is 3.49. The molecule has 7 heteroatoms. The standard InChI is InChI=1S/C24H32N6O/c1-4-30-18(2)20(15-25-30)16-29-12-10-24(11-13-29)14-21(28(3)17-24)22-26-23(31-27-22)19-8-6-5-7-9-19/h5-9,15,21H,4,10-14,16-17H2,1-3H3. The molecule has 1 atom stereocenters. The van der Waals surface area contributed by atoms with E-state index in [2.05, 4.69) is 45.6 Å². The van der Waals surface area contributed by atoms with Crippen LogP contribution >= 0.6 is 0 Å². The number of rotatable bonds is 5. The van der Waals surface area contributed by atoms with Gasteiger partial charge in [0, 0.05) is 36.5 Å². The summed E-state index contributed by atoms with van der Waals surface area (Å²) in [5, 5.41) is 8.85. The first-order chi connectivity index (χ1) is 15.1. The average molecular weight is 421 g/mol. The number of aromatic nitrogens is 4.